The van der Waals surface area contributed by atoms with Crippen LogP contribution in [0.4, 0.5) is 0 Å². The minimum atomic E-state index is 0.0454. The fraction of sp³-hybridized carbons (Fsp3) is 0.0455. The molecule has 1 heteroatoms. The minimum Gasteiger partial charge on any atom is -0.289 e. The average molecular weight is 298 g/mol. The highest BCUT2D eigenvalue weighted by molar-refractivity contribution is 6.11. The van der Waals surface area contributed by atoms with Crippen LogP contribution in [0.1, 0.15) is 27.0 Å². The first-order chi connectivity index (χ1) is 11.2. The Balaban J connectivity index is 2.01. The second-order valence-corrected chi connectivity index (χ2v) is 5.56. The van der Waals surface area contributed by atoms with Crippen LogP contribution < -0.4 is 0 Å². The van der Waals surface area contributed by atoms with Crippen molar-refractivity contribution in [3.05, 3.63) is 102 Å². The van der Waals surface area contributed by atoms with Gasteiger partial charge in [0.15, 0.2) is 5.78 Å². The Kier molecular flexibility index (Phi) is 4.20. The summed E-state index contributed by atoms with van der Waals surface area (Å²) in [6.45, 7) is 5.72. The molecule has 23 heavy (non-hydrogen) atoms. The van der Waals surface area contributed by atoms with Crippen LogP contribution in [0.3, 0.4) is 0 Å². The van der Waals surface area contributed by atoms with E-state index >= 15 is 0 Å². The first-order valence-electron chi connectivity index (χ1n) is 7.62. The second kappa shape index (κ2) is 6.45. The highest BCUT2D eigenvalue weighted by atomic mass is 16.1. The molecule has 0 N–H and O–H groups in total. The van der Waals surface area contributed by atoms with Gasteiger partial charge in [-0.3, -0.25) is 4.79 Å². The van der Waals surface area contributed by atoms with Crippen molar-refractivity contribution in [3.63, 3.8) is 0 Å². The molecule has 0 heterocycles. The number of carbonyl (C=O) groups excluding carboxylic acids is 1. The predicted octanol–water partition coefficient (Wildman–Crippen LogP) is 5.58. The van der Waals surface area contributed by atoms with Crippen LogP contribution >= 0.6 is 0 Å². The molecule has 0 saturated carbocycles. The number of carbonyl (C=O) groups is 1. The lowest BCUT2D eigenvalue weighted by molar-refractivity contribution is 0.103. The molecule has 0 aliphatic carbocycles. The van der Waals surface area contributed by atoms with Gasteiger partial charge in [-0.2, -0.15) is 0 Å². The Morgan fingerprint density at radius 3 is 2.39 bits per heavy atom. The maximum atomic E-state index is 12.8. The lowest BCUT2D eigenvalue weighted by Gasteiger charge is -2.06. The van der Waals surface area contributed by atoms with Crippen LogP contribution in [0.2, 0.25) is 0 Å². The molecule has 3 rings (SSSR count). The quantitative estimate of drug-likeness (QED) is 0.454. The van der Waals surface area contributed by atoms with Gasteiger partial charge in [-0.1, -0.05) is 73.3 Å². The third-order valence-electron chi connectivity index (χ3n) is 3.96. The van der Waals surface area contributed by atoms with Gasteiger partial charge in [0.25, 0.3) is 0 Å². The number of benzene rings is 3. The van der Waals surface area contributed by atoms with Gasteiger partial charge in [0.2, 0.25) is 0 Å². The normalized spacial score (nSPS) is 11.0. The second-order valence-electron chi connectivity index (χ2n) is 5.56. The van der Waals surface area contributed by atoms with Gasteiger partial charge >= 0.3 is 0 Å². The average Bonchev–Trinajstić information content (AvgIpc) is 2.60. The Morgan fingerprint density at radius 1 is 0.913 bits per heavy atom. The summed E-state index contributed by atoms with van der Waals surface area (Å²) in [4.78, 5) is 12.8. The van der Waals surface area contributed by atoms with Gasteiger partial charge in [0, 0.05) is 11.1 Å². The SMILES string of the molecule is C=C/C=C\c1cc(C(=O)c2ccc3ccccc3c2)ccc1C. The molecule has 0 unspecified atom stereocenters. The number of aryl methyl sites for hydroxylation is 1. The lowest BCUT2D eigenvalue weighted by atomic mass is 9.97. The van der Waals surface area contributed by atoms with Crippen molar-refractivity contribution in [2.45, 2.75) is 6.92 Å². The molecule has 112 valence electrons. The Hall–Kier alpha value is -2.93. The van der Waals surface area contributed by atoms with E-state index in [1.54, 1.807) is 6.08 Å². The molecule has 3 aromatic rings. The van der Waals surface area contributed by atoms with Crippen LogP contribution in [-0.2, 0) is 0 Å². The van der Waals surface area contributed by atoms with Crippen molar-refractivity contribution >= 4 is 22.6 Å². The maximum Gasteiger partial charge on any atom is 0.193 e. The van der Waals surface area contributed by atoms with Gasteiger partial charge in [-0.05, 0) is 41.0 Å². The topological polar surface area (TPSA) is 17.1 Å². The molecular weight excluding hydrogens is 280 g/mol. The largest absolute Gasteiger partial charge is 0.289 e. The number of hydrogen-bond acceptors (Lipinski definition) is 1. The minimum absolute atomic E-state index is 0.0454. The lowest BCUT2D eigenvalue weighted by Crippen LogP contribution is -2.02. The van der Waals surface area contributed by atoms with Crippen LogP contribution in [0.25, 0.3) is 16.8 Å². The van der Waals surface area contributed by atoms with Crippen LogP contribution in [-0.4, -0.2) is 5.78 Å². The maximum absolute atomic E-state index is 12.8. The van der Waals surface area contributed by atoms with Gasteiger partial charge in [0.05, 0.1) is 0 Å². The van der Waals surface area contributed by atoms with E-state index in [1.165, 1.54) is 0 Å². The molecule has 0 atom stereocenters. The highest BCUT2D eigenvalue weighted by Gasteiger charge is 2.10. The third kappa shape index (κ3) is 3.14. The summed E-state index contributed by atoms with van der Waals surface area (Å²) < 4.78 is 0. The van der Waals surface area contributed by atoms with E-state index in [2.05, 4.69) is 6.58 Å². The summed E-state index contributed by atoms with van der Waals surface area (Å²) >= 11 is 0. The number of ketones is 1. The van der Waals surface area contributed by atoms with E-state index < -0.39 is 0 Å². The summed E-state index contributed by atoms with van der Waals surface area (Å²) in [6, 6.07) is 19.7. The van der Waals surface area contributed by atoms with E-state index in [1.807, 2.05) is 79.7 Å². The van der Waals surface area contributed by atoms with Gasteiger partial charge < -0.3 is 0 Å². The molecule has 0 aliphatic rings. The highest BCUT2D eigenvalue weighted by Crippen LogP contribution is 2.20. The molecule has 0 saturated heterocycles. The van der Waals surface area contributed by atoms with Gasteiger partial charge in [-0.15, -0.1) is 0 Å². The van der Waals surface area contributed by atoms with E-state index in [-0.39, 0.29) is 5.78 Å². The van der Waals surface area contributed by atoms with E-state index in [0.717, 1.165) is 21.9 Å². The first kappa shape index (κ1) is 15.0. The molecular formula is C22H18O. The molecule has 0 radical (unpaired) electrons. The number of allylic oxidation sites excluding steroid dienone is 2. The molecule has 3 aromatic carbocycles. The smallest absolute Gasteiger partial charge is 0.193 e. The molecule has 0 bridgehead atoms. The molecule has 0 spiro atoms. The van der Waals surface area contributed by atoms with Crippen molar-refractivity contribution in [2.24, 2.45) is 0 Å². The van der Waals surface area contributed by atoms with Crippen molar-refractivity contribution in [3.8, 4) is 0 Å². The summed E-state index contributed by atoms with van der Waals surface area (Å²) in [6.07, 6.45) is 5.59. The fourth-order valence-corrected chi connectivity index (χ4v) is 2.63. The van der Waals surface area contributed by atoms with Gasteiger partial charge in [-0.25, -0.2) is 0 Å². The Bertz CT molecular complexity index is 916. The van der Waals surface area contributed by atoms with E-state index in [9.17, 15) is 4.79 Å². The predicted molar refractivity (Wildman–Crippen MR) is 97.8 cm³/mol. The van der Waals surface area contributed by atoms with Crippen molar-refractivity contribution < 1.29 is 4.79 Å². The van der Waals surface area contributed by atoms with Crippen molar-refractivity contribution in [1.82, 2.24) is 0 Å². The van der Waals surface area contributed by atoms with E-state index in [0.29, 0.717) is 11.1 Å². The number of hydrogen-bond donors (Lipinski definition) is 0. The standard InChI is InChI=1S/C22H18O/c1-3-4-7-18-14-20(11-10-16(18)2)22(23)21-13-12-17-8-5-6-9-19(17)15-21/h3-15H,1H2,2H3/b7-4-. The zero-order valence-electron chi connectivity index (χ0n) is 13.1. The molecule has 0 aliphatic heterocycles. The zero-order valence-corrected chi connectivity index (χ0v) is 13.1. The summed E-state index contributed by atoms with van der Waals surface area (Å²) in [5.41, 5.74) is 3.59. The summed E-state index contributed by atoms with van der Waals surface area (Å²) in [5.74, 6) is 0.0454. The summed E-state index contributed by atoms with van der Waals surface area (Å²) in [7, 11) is 0. The van der Waals surface area contributed by atoms with Crippen molar-refractivity contribution in [1.29, 1.82) is 0 Å². The van der Waals surface area contributed by atoms with Crippen molar-refractivity contribution in [2.75, 3.05) is 0 Å². The molecule has 0 aromatic heterocycles. The fourth-order valence-electron chi connectivity index (χ4n) is 2.63. The Morgan fingerprint density at radius 2 is 1.61 bits per heavy atom. The molecule has 0 amide bonds. The van der Waals surface area contributed by atoms with Crippen LogP contribution in [0, 0.1) is 6.92 Å². The molecule has 1 nitrogen and oxygen atoms in total. The third-order valence-corrected chi connectivity index (χ3v) is 3.96. The van der Waals surface area contributed by atoms with Gasteiger partial charge in [0.1, 0.15) is 0 Å². The Labute approximate surface area is 136 Å². The van der Waals surface area contributed by atoms with E-state index in [4.69, 9.17) is 0 Å². The van der Waals surface area contributed by atoms with Crippen LogP contribution in [0.5, 0.6) is 0 Å². The van der Waals surface area contributed by atoms with Crippen LogP contribution in [0.15, 0.2) is 79.4 Å². The number of fused-ring (bicyclic) bond motifs is 1. The number of rotatable bonds is 4. The summed E-state index contributed by atoms with van der Waals surface area (Å²) in [5, 5.41) is 2.22. The zero-order chi connectivity index (χ0) is 16.2. The molecule has 0 fully saturated rings. The monoisotopic (exact) mass is 298 g/mol. The first-order valence-corrected chi connectivity index (χ1v) is 7.62.